The van der Waals surface area contributed by atoms with Crippen molar-refractivity contribution in [2.45, 2.75) is 89.6 Å². The lowest BCUT2D eigenvalue weighted by Gasteiger charge is -2.51. The number of imide groups is 1. The maximum Gasteiger partial charge on any atom is 0.334 e. The second kappa shape index (κ2) is 12.0. The first-order chi connectivity index (χ1) is 23.2. The number of rotatable bonds is 8. The van der Waals surface area contributed by atoms with Gasteiger partial charge in [0.2, 0.25) is 5.71 Å². The Kier molecular flexibility index (Phi) is 7.96. The van der Waals surface area contributed by atoms with Crippen LogP contribution in [0, 0.1) is 5.92 Å². The van der Waals surface area contributed by atoms with Crippen molar-refractivity contribution < 1.29 is 37.6 Å². The SMILES string of the molecule is CCOP(=O)(N(C)CCC(=O)ON1C(=O)CCC1=O)C1(C)c2cc3c4c(c2OC2=C5CCC[N+]6=C5C(=CC21)CCC6)CCCN4CCC3. The number of hydrogen-bond acceptors (Lipinski definition) is 8. The van der Waals surface area contributed by atoms with Crippen LogP contribution in [0.5, 0.6) is 5.75 Å². The minimum atomic E-state index is -3.80. The lowest BCUT2D eigenvalue weighted by atomic mass is 9.71. The minimum absolute atomic E-state index is 0.0283. The number of aryl methyl sites for hydroxylation is 1. The van der Waals surface area contributed by atoms with Gasteiger partial charge < -0.3 is 19.0 Å². The number of benzene rings is 1. The summed E-state index contributed by atoms with van der Waals surface area (Å²) in [5, 5.41) is -0.459. The van der Waals surface area contributed by atoms with E-state index in [1.165, 1.54) is 33.7 Å². The molecule has 0 spiro atoms. The van der Waals surface area contributed by atoms with Crippen molar-refractivity contribution >= 4 is 36.7 Å². The number of amides is 2. The first kappa shape index (κ1) is 32.0. The summed E-state index contributed by atoms with van der Waals surface area (Å²) in [5.41, 5.74) is 8.59. The van der Waals surface area contributed by atoms with Gasteiger partial charge in [-0.3, -0.25) is 14.2 Å². The Hall–Kier alpha value is -3.27. The fourth-order valence-corrected chi connectivity index (χ4v) is 12.3. The normalized spacial score (nSPS) is 27.2. The lowest BCUT2D eigenvalue weighted by Crippen LogP contribution is -2.47. The van der Waals surface area contributed by atoms with Crippen LogP contribution in [0.25, 0.3) is 0 Å². The van der Waals surface area contributed by atoms with Gasteiger partial charge in [0.15, 0.2) is 0 Å². The fourth-order valence-electron chi connectivity index (χ4n) is 9.36. The molecule has 0 radical (unpaired) electrons. The summed E-state index contributed by atoms with van der Waals surface area (Å²) < 4.78 is 34.0. The van der Waals surface area contributed by atoms with Crippen LogP contribution < -0.4 is 9.64 Å². The zero-order valence-corrected chi connectivity index (χ0v) is 29.2. The molecule has 6 heterocycles. The van der Waals surface area contributed by atoms with Crippen molar-refractivity contribution in [2.24, 2.45) is 5.92 Å². The first-order valence-corrected chi connectivity index (χ1v) is 19.4. The van der Waals surface area contributed by atoms with Gasteiger partial charge in [-0.05, 0) is 71.0 Å². The molecule has 7 aliphatic rings. The Labute approximate surface area is 282 Å². The second-order valence-corrected chi connectivity index (χ2v) is 17.3. The molecule has 1 saturated heterocycles. The lowest BCUT2D eigenvalue weighted by molar-refractivity contribution is -0.533. The van der Waals surface area contributed by atoms with E-state index in [1.807, 2.05) is 6.92 Å². The topological polar surface area (TPSA) is 109 Å². The van der Waals surface area contributed by atoms with Gasteiger partial charge in [0.25, 0.3) is 19.3 Å². The third kappa shape index (κ3) is 4.71. The molecule has 0 bridgehead atoms. The maximum atomic E-state index is 16.0. The van der Waals surface area contributed by atoms with Gasteiger partial charge in [0.05, 0.1) is 24.5 Å². The number of carbonyl (C=O) groups excluding carboxylic acids is 3. The average Bonchev–Trinajstić information content (AvgIpc) is 3.40. The molecule has 256 valence electrons. The summed E-state index contributed by atoms with van der Waals surface area (Å²) in [6.45, 7) is 8.40. The van der Waals surface area contributed by atoms with Crippen LogP contribution in [0.15, 0.2) is 29.0 Å². The predicted octanol–water partition coefficient (Wildman–Crippen LogP) is 5.00. The number of anilines is 1. The van der Waals surface area contributed by atoms with Gasteiger partial charge in [-0.15, -0.1) is 5.06 Å². The molecule has 1 fully saturated rings. The highest BCUT2D eigenvalue weighted by Crippen LogP contribution is 2.74. The van der Waals surface area contributed by atoms with Crippen molar-refractivity contribution in [3.8, 4) is 5.75 Å². The van der Waals surface area contributed by atoms with E-state index in [2.05, 4.69) is 28.5 Å². The third-order valence-electron chi connectivity index (χ3n) is 11.6. The van der Waals surface area contributed by atoms with Crippen molar-refractivity contribution in [3.05, 3.63) is 45.7 Å². The molecule has 6 aliphatic heterocycles. The van der Waals surface area contributed by atoms with Gasteiger partial charge in [-0.2, -0.15) is 0 Å². The molecule has 48 heavy (non-hydrogen) atoms. The molecule has 0 N–H and O–H groups in total. The van der Waals surface area contributed by atoms with Crippen LogP contribution in [-0.4, -0.2) is 84.2 Å². The molecular formula is C36H46N4O7P+. The van der Waals surface area contributed by atoms with Crippen LogP contribution in [-0.2, 0) is 46.3 Å². The Morgan fingerprint density at radius 2 is 1.79 bits per heavy atom. The Morgan fingerprint density at radius 1 is 1.06 bits per heavy atom. The summed E-state index contributed by atoms with van der Waals surface area (Å²) in [7, 11) is -2.04. The fraction of sp³-hybridized carbons (Fsp3) is 0.611. The highest BCUT2D eigenvalue weighted by atomic mass is 31.2. The van der Waals surface area contributed by atoms with Gasteiger partial charge in [0, 0.05) is 67.7 Å². The summed E-state index contributed by atoms with van der Waals surface area (Å²) in [6, 6.07) is 2.26. The molecule has 0 aromatic heterocycles. The highest BCUT2D eigenvalue weighted by molar-refractivity contribution is 7.57. The van der Waals surface area contributed by atoms with Crippen LogP contribution in [0.2, 0.25) is 0 Å². The van der Waals surface area contributed by atoms with Gasteiger partial charge in [0.1, 0.15) is 29.8 Å². The minimum Gasteiger partial charge on any atom is -0.460 e. The van der Waals surface area contributed by atoms with E-state index in [4.69, 9.17) is 14.1 Å². The molecule has 1 aliphatic carbocycles. The molecule has 1 aromatic rings. The van der Waals surface area contributed by atoms with Crippen molar-refractivity contribution in [1.29, 1.82) is 0 Å². The molecule has 12 heteroatoms. The Bertz CT molecular complexity index is 1740. The van der Waals surface area contributed by atoms with Gasteiger partial charge in [-0.1, -0.05) is 6.08 Å². The zero-order valence-electron chi connectivity index (χ0n) is 28.3. The van der Waals surface area contributed by atoms with Gasteiger partial charge in [-0.25, -0.2) is 14.0 Å². The van der Waals surface area contributed by atoms with Crippen LogP contribution in [0.1, 0.15) is 88.3 Å². The molecule has 1 aromatic carbocycles. The number of carbonyl (C=O) groups is 3. The van der Waals surface area contributed by atoms with Crippen LogP contribution >= 0.6 is 7.52 Å². The summed E-state index contributed by atoms with van der Waals surface area (Å²) in [4.78, 5) is 44.8. The number of fused-ring (bicyclic) bond motifs is 3. The van der Waals surface area contributed by atoms with Crippen LogP contribution in [0.3, 0.4) is 0 Å². The number of nitrogens with zero attached hydrogens (tertiary/aromatic N) is 4. The Balaban J connectivity index is 1.26. The largest absolute Gasteiger partial charge is 0.460 e. The maximum absolute atomic E-state index is 16.0. The van der Waals surface area contributed by atoms with Crippen molar-refractivity contribution in [2.75, 3.05) is 51.3 Å². The van der Waals surface area contributed by atoms with Crippen LogP contribution in [0.4, 0.5) is 5.69 Å². The third-order valence-corrected chi connectivity index (χ3v) is 15.0. The average molecular weight is 678 g/mol. The van der Waals surface area contributed by atoms with E-state index >= 15 is 4.57 Å². The molecular weight excluding hydrogens is 631 g/mol. The van der Waals surface area contributed by atoms with Gasteiger partial charge >= 0.3 is 5.97 Å². The molecule has 0 saturated carbocycles. The first-order valence-electron chi connectivity index (χ1n) is 17.9. The van der Waals surface area contributed by atoms with E-state index in [1.54, 1.807) is 11.7 Å². The highest BCUT2D eigenvalue weighted by Gasteiger charge is 2.61. The van der Waals surface area contributed by atoms with E-state index < -0.39 is 30.5 Å². The van der Waals surface area contributed by atoms with E-state index in [0.29, 0.717) is 5.06 Å². The number of hydroxylamine groups is 2. The standard InChI is InChI=1S/C36H46N4O7P/c1-4-45-48(44,37(3)20-15-31(43)47-40-29(41)13-14-30(40)42)36(2)27-21-23-9-5-16-38-18-7-11-25(32(23)38)34(27)46-35-26-12-8-19-39-17-6-10-24(33(26)39)22-28(35)36/h21-22,27H,4-20H2,1-3H3/q+1. The number of allylic oxidation sites excluding steroid dienone is 3. The molecule has 3 atom stereocenters. The van der Waals surface area contributed by atoms with Crippen molar-refractivity contribution in [3.63, 3.8) is 0 Å². The van der Waals surface area contributed by atoms with E-state index in [-0.39, 0.29) is 38.3 Å². The van der Waals surface area contributed by atoms with Crippen molar-refractivity contribution in [1.82, 2.24) is 9.73 Å². The summed E-state index contributed by atoms with van der Waals surface area (Å²) >= 11 is 0. The number of ether oxygens (including phenoxy) is 1. The smallest absolute Gasteiger partial charge is 0.334 e. The molecule has 11 nitrogen and oxygen atoms in total. The molecule has 8 rings (SSSR count). The number of hydrogen-bond donors (Lipinski definition) is 0. The quantitative estimate of drug-likeness (QED) is 0.213. The second-order valence-electron chi connectivity index (χ2n) is 14.4. The molecule has 2 amide bonds. The summed E-state index contributed by atoms with van der Waals surface area (Å²) in [6.07, 6.45) is 10.2. The summed E-state index contributed by atoms with van der Waals surface area (Å²) in [5.74, 6) is -0.355. The van der Waals surface area contributed by atoms with E-state index in [9.17, 15) is 14.4 Å². The Morgan fingerprint density at radius 3 is 2.54 bits per heavy atom. The predicted molar refractivity (Wildman–Crippen MR) is 179 cm³/mol. The zero-order chi connectivity index (χ0) is 33.4. The monoisotopic (exact) mass is 677 g/mol. The van der Waals surface area contributed by atoms with E-state index in [0.717, 1.165) is 94.6 Å². The molecule has 3 unspecified atom stereocenters.